The number of benzene rings is 1. The molecule has 1 atom stereocenters. The standard InChI is InChI=1S/C19H19N3O4/c1-12-4-3-9-20-17(12)13-5-7-14(8-6-13)18(23)22-11-15(21-26-2)10-16(22)19(24)25/h3-9,16H,10-11H2,1-2H3,(H,24,25)/b21-15+/t16-/m0/s1. The summed E-state index contributed by atoms with van der Waals surface area (Å²) in [4.78, 5) is 34.6. The van der Waals surface area contributed by atoms with Crippen molar-refractivity contribution >= 4 is 17.6 Å². The number of aromatic nitrogens is 1. The number of hydrogen-bond donors (Lipinski definition) is 1. The predicted octanol–water partition coefficient (Wildman–Crippen LogP) is 2.36. The van der Waals surface area contributed by atoms with E-state index >= 15 is 0 Å². The van der Waals surface area contributed by atoms with Crippen LogP contribution >= 0.6 is 0 Å². The summed E-state index contributed by atoms with van der Waals surface area (Å²) in [6, 6.07) is 9.92. The van der Waals surface area contributed by atoms with Crippen molar-refractivity contribution in [2.24, 2.45) is 5.16 Å². The highest BCUT2D eigenvalue weighted by molar-refractivity contribution is 6.04. The van der Waals surface area contributed by atoms with Crippen LogP contribution in [0.1, 0.15) is 22.3 Å². The number of likely N-dealkylation sites (tertiary alicyclic amines) is 1. The number of nitrogens with zero attached hydrogens (tertiary/aromatic N) is 3. The smallest absolute Gasteiger partial charge is 0.326 e. The van der Waals surface area contributed by atoms with Crippen molar-refractivity contribution in [1.82, 2.24) is 9.88 Å². The molecule has 1 N–H and O–H groups in total. The summed E-state index contributed by atoms with van der Waals surface area (Å²) in [5.41, 5.74) is 3.75. The first kappa shape index (κ1) is 17.6. The van der Waals surface area contributed by atoms with E-state index in [1.807, 2.05) is 31.2 Å². The number of amides is 1. The Morgan fingerprint density at radius 3 is 2.62 bits per heavy atom. The van der Waals surface area contributed by atoms with Crippen LogP contribution in [0.5, 0.6) is 0 Å². The molecule has 2 aromatic rings. The fraction of sp³-hybridized carbons (Fsp3) is 0.263. The molecule has 1 aromatic heterocycles. The van der Waals surface area contributed by atoms with E-state index in [1.54, 1.807) is 18.3 Å². The molecule has 0 bridgehead atoms. The van der Waals surface area contributed by atoms with E-state index in [-0.39, 0.29) is 18.9 Å². The lowest BCUT2D eigenvalue weighted by Crippen LogP contribution is -2.40. The lowest BCUT2D eigenvalue weighted by molar-refractivity contribution is -0.141. The van der Waals surface area contributed by atoms with Crippen LogP contribution < -0.4 is 0 Å². The molecule has 0 saturated carbocycles. The average Bonchev–Trinajstić information content (AvgIpc) is 3.06. The molecule has 3 rings (SSSR count). The van der Waals surface area contributed by atoms with Crippen molar-refractivity contribution in [3.8, 4) is 11.3 Å². The molecule has 26 heavy (non-hydrogen) atoms. The van der Waals surface area contributed by atoms with Gasteiger partial charge in [0, 0.05) is 23.7 Å². The lowest BCUT2D eigenvalue weighted by Gasteiger charge is -2.20. The van der Waals surface area contributed by atoms with Crippen LogP contribution in [0.3, 0.4) is 0 Å². The van der Waals surface area contributed by atoms with Gasteiger partial charge in [-0.15, -0.1) is 0 Å². The van der Waals surface area contributed by atoms with Gasteiger partial charge in [-0.05, 0) is 30.7 Å². The molecular weight excluding hydrogens is 334 g/mol. The van der Waals surface area contributed by atoms with Gasteiger partial charge in [0.2, 0.25) is 0 Å². The van der Waals surface area contributed by atoms with E-state index in [0.717, 1.165) is 16.8 Å². The van der Waals surface area contributed by atoms with Crippen LogP contribution in [0.2, 0.25) is 0 Å². The number of hydrogen-bond acceptors (Lipinski definition) is 5. The zero-order chi connectivity index (χ0) is 18.7. The first-order valence-electron chi connectivity index (χ1n) is 8.16. The van der Waals surface area contributed by atoms with Crippen LogP contribution in [-0.4, -0.2) is 52.3 Å². The Balaban J connectivity index is 1.85. The maximum Gasteiger partial charge on any atom is 0.326 e. The highest BCUT2D eigenvalue weighted by Crippen LogP contribution is 2.23. The zero-order valence-corrected chi connectivity index (χ0v) is 14.5. The summed E-state index contributed by atoms with van der Waals surface area (Å²) in [7, 11) is 1.39. The third-order valence-corrected chi connectivity index (χ3v) is 4.34. The van der Waals surface area contributed by atoms with E-state index in [0.29, 0.717) is 11.3 Å². The van der Waals surface area contributed by atoms with Gasteiger partial charge in [0.1, 0.15) is 13.2 Å². The molecule has 0 radical (unpaired) electrons. The van der Waals surface area contributed by atoms with Crippen LogP contribution in [0, 0.1) is 6.92 Å². The third kappa shape index (κ3) is 3.42. The lowest BCUT2D eigenvalue weighted by atomic mass is 10.0. The summed E-state index contributed by atoms with van der Waals surface area (Å²) in [5, 5.41) is 13.2. The summed E-state index contributed by atoms with van der Waals surface area (Å²) >= 11 is 0. The minimum absolute atomic E-state index is 0.144. The van der Waals surface area contributed by atoms with Gasteiger partial charge in [-0.3, -0.25) is 9.78 Å². The molecule has 7 nitrogen and oxygen atoms in total. The number of carboxylic acids is 1. The zero-order valence-electron chi connectivity index (χ0n) is 14.5. The monoisotopic (exact) mass is 353 g/mol. The molecule has 0 spiro atoms. The first-order chi connectivity index (χ1) is 12.5. The first-order valence-corrected chi connectivity index (χ1v) is 8.16. The minimum atomic E-state index is -1.06. The Morgan fingerprint density at radius 2 is 2.00 bits per heavy atom. The van der Waals surface area contributed by atoms with Gasteiger partial charge in [-0.1, -0.05) is 23.4 Å². The second kappa shape index (κ2) is 7.35. The average molecular weight is 353 g/mol. The minimum Gasteiger partial charge on any atom is -0.480 e. The third-order valence-electron chi connectivity index (χ3n) is 4.34. The van der Waals surface area contributed by atoms with E-state index < -0.39 is 12.0 Å². The number of pyridine rings is 1. The van der Waals surface area contributed by atoms with Crippen molar-refractivity contribution in [3.63, 3.8) is 0 Å². The van der Waals surface area contributed by atoms with Gasteiger partial charge in [0.05, 0.1) is 18.0 Å². The van der Waals surface area contributed by atoms with E-state index in [2.05, 4.69) is 10.1 Å². The second-order valence-corrected chi connectivity index (χ2v) is 6.08. The topological polar surface area (TPSA) is 92.1 Å². The van der Waals surface area contributed by atoms with Crippen LogP contribution in [-0.2, 0) is 9.63 Å². The Bertz CT molecular complexity index is 861. The molecule has 1 aromatic carbocycles. The molecule has 2 heterocycles. The molecule has 134 valence electrons. The number of aryl methyl sites for hydroxylation is 1. The summed E-state index contributed by atoms with van der Waals surface area (Å²) < 4.78 is 0. The molecule has 1 aliphatic heterocycles. The molecule has 0 unspecified atom stereocenters. The number of aliphatic carboxylic acids is 1. The Morgan fingerprint density at radius 1 is 1.27 bits per heavy atom. The number of carbonyl (C=O) groups is 2. The molecule has 1 fully saturated rings. The molecule has 0 aliphatic carbocycles. The Labute approximate surface area is 150 Å². The SMILES string of the molecule is CO/N=C1\C[C@@H](C(=O)O)N(C(=O)c2ccc(-c3ncccc3C)cc2)C1. The fourth-order valence-electron chi connectivity index (χ4n) is 3.06. The van der Waals surface area contributed by atoms with Crippen LogP contribution in [0.4, 0.5) is 0 Å². The van der Waals surface area contributed by atoms with Gasteiger partial charge in [-0.25, -0.2) is 4.79 Å². The summed E-state index contributed by atoms with van der Waals surface area (Å²) in [5.74, 6) is -1.40. The van der Waals surface area contributed by atoms with E-state index in [4.69, 9.17) is 4.84 Å². The number of carboxylic acid groups (broad SMARTS) is 1. The van der Waals surface area contributed by atoms with E-state index in [9.17, 15) is 14.7 Å². The molecule has 7 heteroatoms. The van der Waals surface area contributed by atoms with Crippen molar-refractivity contribution in [3.05, 3.63) is 53.7 Å². The highest BCUT2D eigenvalue weighted by atomic mass is 16.6. The normalized spacial score (nSPS) is 18.2. The molecule has 1 amide bonds. The predicted molar refractivity (Wildman–Crippen MR) is 95.9 cm³/mol. The fourth-order valence-corrected chi connectivity index (χ4v) is 3.06. The van der Waals surface area contributed by atoms with Gasteiger partial charge >= 0.3 is 5.97 Å². The van der Waals surface area contributed by atoms with Gasteiger partial charge in [0.25, 0.3) is 5.91 Å². The number of oxime groups is 1. The van der Waals surface area contributed by atoms with Gasteiger partial charge in [0.15, 0.2) is 0 Å². The number of carbonyl (C=O) groups excluding carboxylic acids is 1. The van der Waals surface area contributed by atoms with E-state index in [1.165, 1.54) is 12.0 Å². The Hall–Kier alpha value is -3.22. The Kier molecular flexibility index (Phi) is 4.97. The van der Waals surface area contributed by atoms with Crippen molar-refractivity contribution in [2.45, 2.75) is 19.4 Å². The molecule has 1 aliphatic rings. The van der Waals surface area contributed by atoms with Gasteiger partial charge < -0.3 is 14.8 Å². The molecule has 1 saturated heterocycles. The summed E-state index contributed by atoms with van der Waals surface area (Å²) in [6.07, 6.45) is 1.89. The van der Waals surface area contributed by atoms with Crippen molar-refractivity contribution < 1.29 is 19.5 Å². The quantitative estimate of drug-likeness (QED) is 0.852. The maximum absolute atomic E-state index is 12.8. The second-order valence-electron chi connectivity index (χ2n) is 6.08. The largest absolute Gasteiger partial charge is 0.480 e. The van der Waals surface area contributed by atoms with Crippen molar-refractivity contribution in [1.29, 1.82) is 0 Å². The highest BCUT2D eigenvalue weighted by Gasteiger charge is 2.38. The van der Waals surface area contributed by atoms with Crippen LogP contribution in [0.25, 0.3) is 11.3 Å². The van der Waals surface area contributed by atoms with Gasteiger partial charge in [-0.2, -0.15) is 0 Å². The maximum atomic E-state index is 12.8. The number of rotatable bonds is 4. The van der Waals surface area contributed by atoms with Crippen molar-refractivity contribution in [2.75, 3.05) is 13.7 Å². The van der Waals surface area contributed by atoms with Crippen LogP contribution in [0.15, 0.2) is 47.8 Å². The molecular formula is C19H19N3O4. The summed E-state index contributed by atoms with van der Waals surface area (Å²) in [6.45, 7) is 2.12.